The van der Waals surface area contributed by atoms with Crippen LogP contribution in [0.1, 0.15) is 6.92 Å². The van der Waals surface area contributed by atoms with Gasteiger partial charge in [-0.2, -0.15) is 0 Å². The zero-order valence-corrected chi connectivity index (χ0v) is 7.14. The van der Waals surface area contributed by atoms with Crippen molar-refractivity contribution in [3.05, 3.63) is 12.3 Å². The molecule has 0 aromatic heterocycles. The number of ether oxygens (including phenoxy) is 1. The second-order valence-electron chi connectivity index (χ2n) is 1.95. The molecule has 2 amide bonds. The fraction of sp³-hybridized carbons (Fsp3) is 0.429. The van der Waals surface area contributed by atoms with Crippen LogP contribution in [0.25, 0.3) is 0 Å². The predicted molar refractivity (Wildman–Crippen MR) is 43.4 cm³/mol. The molecule has 0 aromatic rings. The molecule has 0 radical (unpaired) electrons. The van der Waals surface area contributed by atoms with Gasteiger partial charge in [0.1, 0.15) is 5.70 Å². The Hall–Kier alpha value is -1.52. The van der Waals surface area contributed by atoms with Crippen LogP contribution >= 0.6 is 0 Å². The molecular weight excluding hydrogens is 160 g/mol. The summed E-state index contributed by atoms with van der Waals surface area (Å²) < 4.78 is 4.31. The van der Waals surface area contributed by atoms with Gasteiger partial charge in [-0.3, -0.25) is 0 Å². The first-order chi connectivity index (χ1) is 5.61. The minimum absolute atomic E-state index is 0.0801. The van der Waals surface area contributed by atoms with Gasteiger partial charge in [-0.15, -0.1) is 0 Å². The van der Waals surface area contributed by atoms with Crippen molar-refractivity contribution in [3.63, 3.8) is 0 Å². The Morgan fingerprint density at radius 3 is 2.50 bits per heavy atom. The Bertz CT molecular complexity index is 201. The van der Waals surface area contributed by atoms with E-state index in [1.54, 1.807) is 6.92 Å². The van der Waals surface area contributed by atoms with Crippen molar-refractivity contribution in [2.75, 3.05) is 13.7 Å². The van der Waals surface area contributed by atoms with Gasteiger partial charge in [0.25, 0.3) is 0 Å². The molecule has 0 saturated carbocycles. The smallest absolute Gasteiger partial charge is 0.353 e. The van der Waals surface area contributed by atoms with Gasteiger partial charge in [0.2, 0.25) is 0 Å². The van der Waals surface area contributed by atoms with Crippen molar-refractivity contribution in [1.29, 1.82) is 0 Å². The van der Waals surface area contributed by atoms with E-state index >= 15 is 0 Å². The average molecular weight is 172 g/mol. The standard InChI is InChI=1S/C7H12N2O3/c1-4-8-7(11)9-5(2)6(10)12-3/h2,4H2,1,3H3,(H2,8,9,11). The van der Waals surface area contributed by atoms with Crippen LogP contribution < -0.4 is 10.6 Å². The van der Waals surface area contributed by atoms with E-state index in [0.717, 1.165) is 0 Å². The molecular formula is C7H12N2O3. The zero-order valence-electron chi connectivity index (χ0n) is 7.14. The second-order valence-corrected chi connectivity index (χ2v) is 1.95. The maximum absolute atomic E-state index is 10.8. The van der Waals surface area contributed by atoms with Crippen LogP contribution in [0.5, 0.6) is 0 Å². The average Bonchev–Trinajstić information content (AvgIpc) is 2.03. The first kappa shape index (κ1) is 10.5. The topological polar surface area (TPSA) is 67.4 Å². The first-order valence-corrected chi connectivity index (χ1v) is 3.43. The third kappa shape index (κ3) is 3.60. The van der Waals surface area contributed by atoms with Gasteiger partial charge in [0.15, 0.2) is 0 Å². The van der Waals surface area contributed by atoms with Crippen LogP contribution in [-0.4, -0.2) is 25.7 Å². The number of nitrogens with one attached hydrogen (secondary N) is 2. The van der Waals surface area contributed by atoms with Crippen molar-refractivity contribution < 1.29 is 14.3 Å². The van der Waals surface area contributed by atoms with Crippen LogP contribution in [-0.2, 0) is 9.53 Å². The molecule has 0 fully saturated rings. The quantitative estimate of drug-likeness (QED) is 0.465. The molecule has 5 heteroatoms. The fourth-order valence-corrected chi connectivity index (χ4v) is 0.516. The lowest BCUT2D eigenvalue weighted by Gasteiger charge is -2.05. The Morgan fingerprint density at radius 1 is 1.50 bits per heavy atom. The van der Waals surface area contributed by atoms with Crippen molar-refractivity contribution in [1.82, 2.24) is 10.6 Å². The number of hydrogen-bond acceptors (Lipinski definition) is 3. The van der Waals surface area contributed by atoms with Crippen LogP contribution in [0, 0.1) is 0 Å². The van der Waals surface area contributed by atoms with E-state index in [1.807, 2.05) is 0 Å². The van der Waals surface area contributed by atoms with Crippen molar-refractivity contribution in [2.45, 2.75) is 6.92 Å². The number of urea groups is 1. The molecule has 0 rings (SSSR count). The van der Waals surface area contributed by atoms with E-state index in [4.69, 9.17) is 0 Å². The lowest BCUT2D eigenvalue weighted by molar-refractivity contribution is -0.136. The number of carbonyl (C=O) groups excluding carboxylic acids is 2. The van der Waals surface area contributed by atoms with Crippen LogP contribution in [0.15, 0.2) is 12.3 Å². The summed E-state index contributed by atoms with van der Waals surface area (Å²) in [6.07, 6.45) is 0. The van der Waals surface area contributed by atoms with Crippen molar-refractivity contribution in [2.24, 2.45) is 0 Å². The Kier molecular flexibility index (Phi) is 4.52. The fourth-order valence-electron chi connectivity index (χ4n) is 0.516. The lowest BCUT2D eigenvalue weighted by Crippen LogP contribution is -2.36. The molecule has 12 heavy (non-hydrogen) atoms. The van der Waals surface area contributed by atoms with Crippen LogP contribution in [0.4, 0.5) is 4.79 Å². The maximum atomic E-state index is 10.8. The number of esters is 1. The number of carbonyl (C=O) groups is 2. The van der Waals surface area contributed by atoms with Crippen molar-refractivity contribution in [3.8, 4) is 0 Å². The number of hydrogen-bond donors (Lipinski definition) is 2. The number of amides is 2. The summed E-state index contributed by atoms with van der Waals surface area (Å²) in [5.41, 5.74) is -0.0801. The van der Waals surface area contributed by atoms with Crippen LogP contribution in [0.2, 0.25) is 0 Å². The Balaban J connectivity index is 3.84. The third-order valence-corrected chi connectivity index (χ3v) is 1.03. The van der Waals surface area contributed by atoms with E-state index in [9.17, 15) is 9.59 Å². The van der Waals surface area contributed by atoms with Crippen molar-refractivity contribution >= 4 is 12.0 Å². The molecule has 0 atom stereocenters. The van der Waals surface area contributed by atoms with E-state index in [1.165, 1.54) is 7.11 Å². The molecule has 68 valence electrons. The summed E-state index contributed by atoms with van der Waals surface area (Å²) in [4.78, 5) is 21.5. The highest BCUT2D eigenvalue weighted by atomic mass is 16.5. The van der Waals surface area contributed by atoms with Gasteiger partial charge in [-0.05, 0) is 6.92 Å². The molecule has 5 nitrogen and oxygen atoms in total. The summed E-state index contributed by atoms with van der Waals surface area (Å²) in [5, 5.41) is 4.65. The zero-order chi connectivity index (χ0) is 9.56. The van der Waals surface area contributed by atoms with Gasteiger partial charge in [0.05, 0.1) is 7.11 Å². The molecule has 0 heterocycles. The van der Waals surface area contributed by atoms with E-state index < -0.39 is 12.0 Å². The molecule has 0 saturated heterocycles. The highest BCUT2D eigenvalue weighted by Crippen LogP contribution is 1.86. The number of rotatable bonds is 3. The third-order valence-electron chi connectivity index (χ3n) is 1.03. The first-order valence-electron chi connectivity index (χ1n) is 3.43. The summed E-state index contributed by atoms with van der Waals surface area (Å²) in [7, 11) is 1.22. The lowest BCUT2D eigenvalue weighted by atomic mass is 10.5. The second kappa shape index (κ2) is 5.17. The number of methoxy groups -OCH3 is 1. The largest absolute Gasteiger partial charge is 0.464 e. The van der Waals surface area contributed by atoms with Gasteiger partial charge in [-0.25, -0.2) is 9.59 Å². The monoisotopic (exact) mass is 172 g/mol. The highest BCUT2D eigenvalue weighted by molar-refractivity contribution is 5.92. The summed E-state index contributed by atoms with van der Waals surface area (Å²) in [6.45, 7) is 5.55. The maximum Gasteiger partial charge on any atom is 0.353 e. The highest BCUT2D eigenvalue weighted by Gasteiger charge is 2.08. The van der Waals surface area contributed by atoms with E-state index in [-0.39, 0.29) is 5.70 Å². The normalized spacial score (nSPS) is 8.50. The molecule has 0 aromatic carbocycles. The van der Waals surface area contributed by atoms with E-state index in [2.05, 4.69) is 21.9 Å². The molecule has 0 aliphatic rings. The summed E-state index contributed by atoms with van der Waals surface area (Å²) in [6, 6.07) is -0.465. The van der Waals surface area contributed by atoms with Crippen LogP contribution in [0.3, 0.4) is 0 Å². The minimum Gasteiger partial charge on any atom is -0.464 e. The molecule has 0 bridgehead atoms. The SMILES string of the molecule is C=C(NC(=O)NCC)C(=O)OC. The van der Waals surface area contributed by atoms with Gasteiger partial charge in [0, 0.05) is 6.54 Å². The Labute approximate surface area is 70.8 Å². The van der Waals surface area contributed by atoms with Gasteiger partial charge in [-0.1, -0.05) is 6.58 Å². The summed E-state index contributed by atoms with van der Waals surface area (Å²) in [5.74, 6) is -0.652. The molecule has 0 unspecified atom stereocenters. The van der Waals surface area contributed by atoms with Gasteiger partial charge < -0.3 is 15.4 Å². The van der Waals surface area contributed by atoms with Gasteiger partial charge >= 0.3 is 12.0 Å². The predicted octanol–water partition coefficient (Wildman–Crippen LogP) is -0.00780. The summed E-state index contributed by atoms with van der Waals surface area (Å²) >= 11 is 0. The molecule has 0 spiro atoms. The molecule has 0 aliphatic heterocycles. The van der Waals surface area contributed by atoms with E-state index in [0.29, 0.717) is 6.54 Å². The minimum atomic E-state index is -0.652. The Morgan fingerprint density at radius 2 is 2.08 bits per heavy atom. The molecule has 2 N–H and O–H groups in total. The molecule has 0 aliphatic carbocycles.